The van der Waals surface area contributed by atoms with Gasteiger partial charge in [-0.25, -0.2) is 0 Å². The molecule has 0 aromatic rings. The summed E-state index contributed by atoms with van der Waals surface area (Å²) in [6.45, 7) is -6.06. The molecule has 0 aliphatic carbocycles. The Balaban J connectivity index is 1.06. The zero-order valence-electron chi connectivity index (χ0n) is 60.1. The number of carbonyl (C=O) groups excluding carboxylic acids is 4. The van der Waals surface area contributed by atoms with Gasteiger partial charge in [0.15, 0.2) is 56.6 Å². The van der Waals surface area contributed by atoms with Gasteiger partial charge < -0.3 is 229 Å². The SMILES string of the molecule is CC(=O)N[C@@H]1[C@@H](O)[C@H](O[C@@H]2O[C@H](CO)[C@@H](O[C@@H]3O[C@H](CO[C@H]4O[C@H](CO)[C@@H](O)[C@H](O)[C@@H]4O[C@@H]4O[C@H](CO)[C@@H](O[C@@H]5O[C@H](CO)[C@H](O)[C@H](O)[C@H]5O)[C@H](O)[C@H]4NC(C)=O)[C@@H](O)[C@H](O[C@H]4O[C@H](CO)[C@@H](O)[C@H](O)[C@@H]4O[C@@H]4O[C@H](CO)[C@@H](O)[C@H](O[C@@H]5O[C@H](CO)[C@H](O)[C@H](O)[C@H]5O)[C@H]4NC(C)=O)[C@@H]3O)[C@H](O)[C@H]2NC(C)=O)[C@@H](CO)O[C@H]1O. The highest BCUT2D eigenvalue weighted by Gasteiger charge is 2.61. The smallest absolute Gasteiger partial charge is 0.217 e. The van der Waals surface area contributed by atoms with Gasteiger partial charge >= 0.3 is 0 Å². The molecule has 0 radical (unpaired) electrons. The molecule has 0 spiro atoms. The molecule has 29 N–H and O–H groups in total. The molecule has 9 aliphatic rings. The van der Waals surface area contributed by atoms with Gasteiger partial charge in [0.1, 0.15) is 219 Å². The minimum absolute atomic E-state index is 0.789. The molecule has 45 atom stereocenters. The van der Waals surface area contributed by atoms with Crippen LogP contribution in [0.1, 0.15) is 27.7 Å². The Bertz CT molecular complexity index is 2970. The topological polar surface area (TPSA) is 779 Å². The molecule has 0 aromatic heterocycles. The Labute approximate surface area is 634 Å². The van der Waals surface area contributed by atoms with Gasteiger partial charge in [0.2, 0.25) is 23.6 Å². The van der Waals surface area contributed by atoms with Gasteiger partial charge in [-0.3, -0.25) is 19.2 Å². The third kappa shape index (κ3) is 20.2. The largest absolute Gasteiger partial charge is 0.394 e. The normalized spacial score (nSPS) is 48.9. The molecule has 9 rings (SSSR count). The van der Waals surface area contributed by atoms with Crippen LogP contribution in [0.5, 0.6) is 0 Å². The highest BCUT2D eigenvalue weighted by molar-refractivity contribution is 5.74. The first-order chi connectivity index (χ1) is 53.0. The highest BCUT2D eigenvalue weighted by Crippen LogP contribution is 2.40. The lowest BCUT2D eigenvalue weighted by Gasteiger charge is -2.51. The third-order valence-corrected chi connectivity index (χ3v) is 20.4. The average molecular weight is 1640 g/mol. The number of hydrogen-bond donors (Lipinski definition) is 29. The van der Waals surface area contributed by atoms with Gasteiger partial charge in [0.05, 0.1) is 59.5 Å². The van der Waals surface area contributed by atoms with E-state index in [9.17, 15) is 147 Å². The van der Waals surface area contributed by atoms with E-state index in [1.54, 1.807) is 0 Å². The fourth-order valence-corrected chi connectivity index (χ4v) is 14.4. The lowest BCUT2D eigenvalue weighted by Crippen LogP contribution is -2.71. The van der Waals surface area contributed by atoms with Crippen LogP contribution in [0, 0.1) is 0 Å². The number of rotatable bonds is 29. The predicted octanol–water partition coefficient (Wildman–Crippen LogP) is -20.1. The quantitative estimate of drug-likeness (QED) is 0.0331. The minimum Gasteiger partial charge on any atom is -0.394 e. The van der Waals surface area contributed by atoms with Crippen molar-refractivity contribution in [3.05, 3.63) is 0 Å². The van der Waals surface area contributed by atoms with Crippen LogP contribution in [0.2, 0.25) is 0 Å². The molecule has 50 nitrogen and oxygen atoms in total. The summed E-state index contributed by atoms with van der Waals surface area (Å²) in [7, 11) is 0. The van der Waals surface area contributed by atoms with Gasteiger partial charge in [-0.05, 0) is 0 Å². The fraction of sp³-hybridized carbons (Fsp3) is 0.935. The maximum atomic E-state index is 13.1. The monoisotopic (exact) mass is 1640 g/mol. The van der Waals surface area contributed by atoms with Crippen molar-refractivity contribution in [1.82, 2.24) is 21.3 Å². The van der Waals surface area contributed by atoms with Crippen LogP contribution >= 0.6 is 0 Å². The molecule has 9 heterocycles. The van der Waals surface area contributed by atoms with E-state index in [1.807, 2.05) is 0 Å². The molecule has 4 amide bonds. The maximum absolute atomic E-state index is 13.1. The van der Waals surface area contributed by atoms with Crippen LogP contribution in [-0.4, -0.2) is 487 Å². The number of nitrogens with one attached hydrogen (secondary N) is 4. The molecule has 0 unspecified atom stereocenters. The third-order valence-electron chi connectivity index (χ3n) is 20.4. The van der Waals surface area contributed by atoms with Gasteiger partial charge in [0.25, 0.3) is 0 Å². The molecule has 9 aliphatic heterocycles. The van der Waals surface area contributed by atoms with Crippen LogP contribution in [0.15, 0.2) is 0 Å². The van der Waals surface area contributed by atoms with Crippen molar-refractivity contribution in [3.63, 3.8) is 0 Å². The maximum Gasteiger partial charge on any atom is 0.217 e. The van der Waals surface area contributed by atoms with Crippen molar-refractivity contribution in [3.8, 4) is 0 Å². The second kappa shape index (κ2) is 40.3. The van der Waals surface area contributed by atoms with Gasteiger partial charge in [0, 0.05) is 27.7 Å². The van der Waals surface area contributed by atoms with Crippen LogP contribution in [0.3, 0.4) is 0 Å². The first-order valence-corrected chi connectivity index (χ1v) is 35.6. The average Bonchev–Trinajstić information content (AvgIpc) is 0.773. The number of hydrogen-bond acceptors (Lipinski definition) is 46. The van der Waals surface area contributed by atoms with Crippen molar-refractivity contribution >= 4 is 23.6 Å². The number of aliphatic hydroxyl groups is 25. The van der Waals surface area contributed by atoms with E-state index >= 15 is 0 Å². The van der Waals surface area contributed by atoms with Gasteiger partial charge in [-0.1, -0.05) is 0 Å². The first-order valence-electron chi connectivity index (χ1n) is 35.6. The Morgan fingerprint density at radius 3 is 0.920 bits per heavy atom. The molecule has 0 bridgehead atoms. The number of amides is 4. The lowest BCUT2D eigenvalue weighted by atomic mass is 9.93. The zero-order valence-corrected chi connectivity index (χ0v) is 60.1. The lowest BCUT2D eigenvalue weighted by molar-refractivity contribution is -0.399. The Morgan fingerprint density at radius 1 is 0.232 bits per heavy atom. The molecule has 648 valence electrons. The van der Waals surface area contributed by atoms with Crippen molar-refractivity contribution in [2.45, 2.75) is 304 Å². The van der Waals surface area contributed by atoms with E-state index in [1.165, 1.54) is 0 Å². The molecule has 0 saturated carbocycles. The van der Waals surface area contributed by atoms with E-state index in [0.717, 1.165) is 27.7 Å². The van der Waals surface area contributed by atoms with Crippen LogP contribution in [-0.2, 0) is 99.7 Å². The summed E-state index contributed by atoms with van der Waals surface area (Å²) in [5, 5.41) is 287. The predicted molar refractivity (Wildman–Crippen MR) is 343 cm³/mol. The van der Waals surface area contributed by atoms with E-state index in [2.05, 4.69) is 21.3 Å². The van der Waals surface area contributed by atoms with Gasteiger partial charge in [-0.2, -0.15) is 0 Å². The van der Waals surface area contributed by atoms with Gasteiger partial charge in [-0.15, -0.1) is 0 Å². The summed E-state index contributed by atoms with van der Waals surface area (Å²) in [5.41, 5.74) is 0. The molecular formula is C62H104N4O46. The van der Waals surface area contributed by atoms with E-state index in [0.29, 0.717) is 0 Å². The van der Waals surface area contributed by atoms with Crippen molar-refractivity contribution in [2.75, 3.05) is 59.5 Å². The number of aliphatic hydroxyl groups excluding tert-OH is 25. The van der Waals surface area contributed by atoms with Crippen molar-refractivity contribution in [2.24, 2.45) is 0 Å². The first kappa shape index (κ1) is 92.1. The summed E-state index contributed by atoms with van der Waals surface area (Å²) in [6, 6.07) is -7.43. The molecular weight excluding hydrogens is 1540 g/mol. The van der Waals surface area contributed by atoms with E-state index < -0.39 is 359 Å². The molecule has 9 saturated heterocycles. The standard InChI is InChI=1S/C62H104N4O46/c1-14(75)63-27-37(85)47(23(10-72)97-54(27)95)106-55-28(64-15(2)76)38(86)49(25(12-74)103-55)108-60-46(94)51(110-62-53(43(91)34(82)21(8-70)102-62)112-57-30(66-17(4)78)50(35(83)22(9-71)98-57)109-59-45(93)41(89)32(80)19(6-68)100-59)36(84)26(105-60)13-96-61-52(42(90)33(81)20(7-69)101-61)111-56-29(65-16(3)77)39(87)48(24(11-73)104-56)107-58-44(92)40(88)31(79)18(5-67)99-58/h18-62,67-74,79-95H,5-13H2,1-4H3,(H,63,75)(H,64,76)(H,65,77)(H,66,78)/t18-,19-,20-,21-,22-,23-,24-,25-,26-,27-,28-,29-,30-,31+,32+,33-,34-,35-,36-,37-,38-,39-,40+,41+,42+,43+,44-,45-,46+,47-,48-,49-,50-,51+,52+,53+,54-,55+,56+,57+,58+,59+,60+,61+,62-/m1/s1. The molecule has 9 fully saturated rings. The summed E-state index contributed by atoms with van der Waals surface area (Å²) in [5.74, 6) is -3.63. The van der Waals surface area contributed by atoms with Crippen molar-refractivity contribution in [1.29, 1.82) is 0 Å². The second-order valence-corrected chi connectivity index (χ2v) is 28.2. The fourth-order valence-electron chi connectivity index (χ4n) is 14.4. The van der Waals surface area contributed by atoms with E-state index in [-0.39, 0.29) is 0 Å². The van der Waals surface area contributed by atoms with Crippen LogP contribution in [0.25, 0.3) is 0 Å². The summed E-state index contributed by atoms with van der Waals surface area (Å²) in [6.07, 6.45) is -85.6. The minimum atomic E-state index is -2.58. The summed E-state index contributed by atoms with van der Waals surface area (Å²) < 4.78 is 101. The van der Waals surface area contributed by atoms with E-state index in [4.69, 9.17) is 80.5 Å². The highest BCUT2D eigenvalue weighted by atomic mass is 16.8. The Kier molecular flexibility index (Phi) is 33.1. The summed E-state index contributed by atoms with van der Waals surface area (Å²) >= 11 is 0. The zero-order chi connectivity index (χ0) is 82.5. The Hall–Kier alpha value is -3.80. The van der Waals surface area contributed by atoms with Crippen LogP contribution in [0.4, 0.5) is 0 Å². The van der Waals surface area contributed by atoms with Crippen LogP contribution < -0.4 is 21.3 Å². The Morgan fingerprint density at radius 2 is 0.500 bits per heavy atom. The van der Waals surface area contributed by atoms with Crippen molar-refractivity contribution < 1.29 is 227 Å². The summed E-state index contributed by atoms with van der Waals surface area (Å²) in [4.78, 5) is 51.1. The number of carbonyl (C=O) groups is 4. The molecule has 50 heteroatoms. The number of ether oxygens (including phenoxy) is 17. The molecule has 112 heavy (non-hydrogen) atoms. The molecule has 0 aromatic carbocycles. The second-order valence-electron chi connectivity index (χ2n) is 28.2.